The maximum absolute atomic E-state index is 13.4. The zero-order valence-corrected chi connectivity index (χ0v) is 19.9. The molecule has 1 aliphatic carbocycles. The molecule has 2 N–H and O–H groups in total. The van der Waals surface area contributed by atoms with Crippen LogP contribution in [0.3, 0.4) is 0 Å². The minimum absolute atomic E-state index is 0.0317. The Hall–Kier alpha value is -3.97. The fourth-order valence-electron chi connectivity index (χ4n) is 4.78. The number of hydrogen-bond donors (Lipinski definition) is 2. The van der Waals surface area contributed by atoms with Gasteiger partial charge in [0.15, 0.2) is 5.78 Å². The van der Waals surface area contributed by atoms with E-state index in [2.05, 4.69) is 0 Å². The number of carbonyl (C=O) groups excluding carboxylic acids is 3. The Morgan fingerprint density at radius 3 is 1.97 bits per heavy atom. The van der Waals surface area contributed by atoms with Gasteiger partial charge in [-0.25, -0.2) is 0 Å². The Morgan fingerprint density at radius 2 is 1.42 bits per heavy atom. The number of ketones is 1. The third kappa shape index (κ3) is 5.63. The van der Waals surface area contributed by atoms with Crippen molar-refractivity contribution in [3.05, 3.63) is 102 Å². The predicted octanol–water partition coefficient (Wildman–Crippen LogP) is 3.92. The molecule has 1 fully saturated rings. The van der Waals surface area contributed by atoms with Gasteiger partial charge in [0.1, 0.15) is 24.9 Å². The Kier molecular flexibility index (Phi) is 7.50. The summed E-state index contributed by atoms with van der Waals surface area (Å²) in [6.45, 7) is 1.31. The monoisotopic (exact) mass is 488 g/mol. The van der Waals surface area contributed by atoms with E-state index in [1.165, 1.54) is 19.1 Å². The molecule has 4 unspecified atom stereocenters. The average Bonchev–Trinajstić information content (AvgIpc) is 2.86. The molecule has 0 bridgehead atoms. The van der Waals surface area contributed by atoms with Crippen molar-refractivity contribution in [2.45, 2.75) is 38.1 Å². The van der Waals surface area contributed by atoms with Crippen molar-refractivity contribution in [2.24, 2.45) is 11.8 Å². The number of phenols is 1. The maximum Gasteiger partial charge on any atom is 0.317 e. The molecule has 4 rings (SSSR count). The number of aromatic hydroxyl groups is 1. The fraction of sp³-hybridized carbons (Fsp3) is 0.276. The van der Waals surface area contributed by atoms with Gasteiger partial charge >= 0.3 is 11.9 Å². The van der Waals surface area contributed by atoms with Gasteiger partial charge in [-0.2, -0.15) is 0 Å². The number of esters is 2. The lowest BCUT2D eigenvalue weighted by Crippen LogP contribution is -2.55. The van der Waals surface area contributed by atoms with Crippen LogP contribution in [0.15, 0.2) is 84.9 Å². The molecule has 7 nitrogen and oxygen atoms in total. The minimum atomic E-state index is -1.78. The molecule has 186 valence electrons. The van der Waals surface area contributed by atoms with Gasteiger partial charge < -0.3 is 19.7 Å². The molecule has 0 radical (unpaired) electrons. The van der Waals surface area contributed by atoms with Crippen LogP contribution in [-0.2, 0) is 37.1 Å². The molecule has 0 spiro atoms. The van der Waals surface area contributed by atoms with Crippen LogP contribution < -0.4 is 0 Å². The first-order valence-electron chi connectivity index (χ1n) is 11.7. The molecule has 4 atom stereocenters. The lowest BCUT2D eigenvalue weighted by Gasteiger charge is -2.43. The fourth-order valence-corrected chi connectivity index (χ4v) is 4.78. The summed E-state index contributed by atoms with van der Waals surface area (Å²) in [5.41, 5.74) is 0.0718. The van der Waals surface area contributed by atoms with E-state index in [9.17, 15) is 24.6 Å². The molecule has 3 aromatic rings. The quantitative estimate of drug-likeness (QED) is 0.383. The highest BCUT2D eigenvalue weighted by Crippen LogP contribution is 2.47. The van der Waals surface area contributed by atoms with Crippen molar-refractivity contribution >= 4 is 17.7 Å². The Bertz CT molecular complexity index is 1220. The van der Waals surface area contributed by atoms with E-state index in [-0.39, 0.29) is 19.0 Å². The van der Waals surface area contributed by atoms with Crippen LogP contribution in [0, 0.1) is 11.8 Å². The van der Waals surface area contributed by atoms with Gasteiger partial charge in [-0.05, 0) is 35.7 Å². The van der Waals surface area contributed by atoms with E-state index in [1.807, 2.05) is 24.3 Å². The molecular weight excluding hydrogens is 460 g/mol. The molecule has 36 heavy (non-hydrogen) atoms. The lowest BCUT2D eigenvalue weighted by atomic mass is 9.61. The first-order chi connectivity index (χ1) is 17.3. The third-order valence-corrected chi connectivity index (χ3v) is 6.48. The molecule has 0 saturated heterocycles. The molecule has 1 aliphatic rings. The van der Waals surface area contributed by atoms with Crippen molar-refractivity contribution in [3.63, 3.8) is 0 Å². The van der Waals surface area contributed by atoms with Crippen LogP contribution in [0.2, 0.25) is 0 Å². The molecule has 0 aromatic heterocycles. The number of benzene rings is 3. The Balaban J connectivity index is 1.66. The van der Waals surface area contributed by atoms with E-state index < -0.39 is 47.5 Å². The number of rotatable bonds is 7. The molecule has 7 heteroatoms. The highest BCUT2D eigenvalue weighted by atomic mass is 16.5. The van der Waals surface area contributed by atoms with Crippen LogP contribution in [0.4, 0.5) is 0 Å². The van der Waals surface area contributed by atoms with E-state index in [0.717, 1.165) is 11.1 Å². The van der Waals surface area contributed by atoms with Gasteiger partial charge in [0, 0.05) is 12.3 Å². The lowest BCUT2D eigenvalue weighted by molar-refractivity contribution is -0.174. The van der Waals surface area contributed by atoms with Gasteiger partial charge in [0.05, 0.1) is 11.5 Å². The van der Waals surface area contributed by atoms with E-state index in [1.54, 1.807) is 48.5 Å². The zero-order chi connectivity index (χ0) is 25.7. The van der Waals surface area contributed by atoms with E-state index in [4.69, 9.17) is 9.47 Å². The average molecular weight is 489 g/mol. The summed E-state index contributed by atoms with van der Waals surface area (Å²) < 4.78 is 11.0. The van der Waals surface area contributed by atoms with Gasteiger partial charge in [-0.15, -0.1) is 0 Å². The summed E-state index contributed by atoms with van der Waals surface area (Å²) in [7, 11) is 0. The minimum Gasteiger partial charge on any atom is -0.508 e. The summed E-state index contributed by atoms with van der Waals surface area (Å²) in [5, 5.41) is 21.4. The van der Waals surface area contributed by atoms with Crippen LogP contribution in [0.25, 0.3) is 0 Å². The number of aliphatic hydroxyl groups is 1. The SMILES string of the molecule is CC1(O)CC(=O)C(C(=O)OCc2ccccc2)C(c2cccc(O)c2)C1C(=O)OCc1ccccc1. The van der Waals surface area contributed by atoms with Crippen LogP contribution in [0.1, 0.15) is 36.0 Å². The largest absolute Gasteiger partial charge is 0.508 e. The van der Waals surface area contributed by atoms with Crippen LogP contribution in [0.5, 0.6) is 5.75 Å². The van der Waals surface area contributed by atoms with Crippen molar-refractivity contribution < 1.29 is 34.1 Å². The van der Waals surface area contributed by atoms with E-state index in [0.29, 0.717) is 5.56 Å². The number of carbonyl (C=O) groups is 3. The van der Waals surface area contributed by atoms with Crippen molar-refractivity contribution in [1.29, 1.82) is 0 Å². The summed E-state index contributed by atoms with van der Waals surface area (Å²) in [6.07, 6.45) is -0.418. The molecule has 1 saturated carbocycles. The number of Topliss-reactive ketones (excluding diaryl/α,β-unsaturated/α-hetero) is 1. The van der Waals surface area contributed by atoms with Gasteiger partial charge in [-0.3, -0.25) is 14.4 Å². The summed E-state index contributed by atoms with van der Waals surface area (Å²) in [4.78, 5) is 39.9. The predicted molar refractivity (Wildman–Crippen MR) is 131 cm³/mol. The van der Waals surface area contributed by atoms with Gasteiger partial charge in [-0.1, -0.05) is 72.8 Å². The third-order valence-electron chi connectivity index (χ3n) is 6.48. The molecule has 3 aromatic carbocycles. The number of phenolic OH excluding ortho intramolecular Hbond substituents is 1. The van der Waals surface area contributed by atoms with Crippen molar-refractivity contribution in [2.75, 3.05) is 0 Å². The normalized spacial score (nSPS) is 23.6. The summed E-state index contributed by atoms with van der Waals surface area (Å²) in [5.74, 6) is -5.89. The standard InChI is InChI=1S/C29H28O7/c1-29(34)16-23(31)25(27(32)35-17-19-9-4-2-5-10-19)24(21-13-8-14-22(30)15-21)26(29)28(33)36-18-20-11-6-3-7-12-20/h2-15,24-26,30,34H,16-18H2,1H3. The van der Waals surface area contributed by atoms with Crippen molar-refractivity contribution in [1.82, 2.24) is 0 Å². The van der Waals surface area contributed by atoms with Crippen LogP contribution in [-0.4, -0.2) is 33.5 Å². The number of hydrogen-bond acceptors (Lipinski definition) is 7. The smallest absolute Gasteiger partial charge is 0.317 e. The van der Waals surface area contributed by atoms with Crippen molar-refractivity contribution in [3.8, 4) is 5.75 Å². The topological polar surface area (TPSA) is 110 Å². The second-order valence-corrected chi connectivity index (χ2v) is 9.26. The summed E-state index contributed by atoms with van der Waals surface area (Å²) in [6, 6.07) is 24.1. The highest BCUT2D eigenvalue weighted by Gasteiger charge is 2.57. The Morgan fingerprint density at radius 1 is 0.861 bits per heavy atom. The summed E-state index contributed by atoms with van der Waals surface area (Å²) >= 11 is 0. The first-order valence-corrected chi connectivity index (χ1v) is 11.7. The van der Waals surface area contributed by atoms with Crippen LogP contribution >= 0.6 is 0 Å². The molecular formula is C29H28O7. The molecule has 0 amide bonds. The second kappa shape index (κ2) is 10.7. The first kappa shape index (κ1) is 25.1. The number of ether oxygens (including phenoxy) is 2. The second-order valence-electron chi connectivity index (χ2n) is 9.26. The zero-order valence-electron chi connectivity index (χ0n) is 19.9. The highest BCUT2D eigenvalue weighted by molar-refractivity contribution is 6.02. The molecule has 0 aliphatic heterocycles. The van der Waals surface area contributed by atoms with Gasteiger partial charge in [0.25, 0.3) is 0 Å². The maximum atomic E-state index is 13.4. The molecule has 0 heterocycles. The van der Waals surface area contributed by atoms with E-state index >= 15 is 0 Å². The Labute approximate surface area is 209 Å². The van der Waals surface area contributed by atoms with Gasteiger partial charge in [0.2, 0.25) is 0 Å².